The lowest BCUT2D eigenvalue weighted by Gasteiger charge is -2.22. The van der Waals surface area contributed by atoms with Crippen LogP contribution in [0.3, 0.4) is 0 Å². The lowest BCUT2D eigenvalue weighted by Crippen LogP contribution is -3.12. The summed E-state index contributed by atoms with van der Waals surface area (Å²) >= 11 is 0. The molecule has 2 N–H and O–H groups in total. The number of quaternary nitrogens is 1. The van der Waals surface area contributed by atoms with Gasteiger partial charge in [-0.2, -0.15) is 0 Å². The molecule has 0 bridgehead atoms. The van der Waals surface area contributed by atoms with Crippen LogP contribution in [0.25, 0.3) is 0 Å². The van der Waals surface area contributed by atoms with Crippen LogP contribution in [0.15, 0.2) is 42.5 Å². The van der Waals surface area contributed by atoms with E-state index in [4.69, 9.17) is 9.47 Å². The third-order valence-electron chi connectivity index (χ3n) is 4.65. The third-order valence-corrected chi connectivity index (χ3v) is 4.65. The van der Waals surface area contributed by atoms with Gasteiger partial charge in [0.15, 0.2) is 23.3 Å². The van der Waals surface area contributed by atoms with Gasteiger partial charge in [0.2, 0.25) is 0 Å². The molecule has 0 saturated heterocycles. The van der Waals surface area contributed by atoms with Gasteiger partial charge in [-0.25, -0.2) is 0 Å². The number of carbonyl (C=O) groups is 2. The molecule has 6 nitrogen and oxygen atoms in total. The average molecular weight is 371 g/mol. The smallest absolute Gasteiger partial charge is 0.282 e. The molecule has 0 radical (unpaired) electrons. The maximum absolute atomic E-state index is 12.6. The van der Waals surface area contributed by atoms with Crippen LogP contribution in [0.1, 0.15) is 29.8 Å². The van der Waals surface area contributed by atoms with Gasteiger partial charge in [-0.3, -0.25) is 9.59 Å². The highest BCUT2D eigenvalue weighted by Crippen LogP contribution is 2.30. The largest absolute Gasteiger partial charge is 0.493 e. The minimum Gasteiger partial charge on any atom is -0.493 e. The van der Waals surface area contributed by atoms with Gasteiger partial charge in [0, 0.05) is 11.3 Å². The molecule has 0 saturated carbocycles. The second kappa shape index (κ2) is 9.19. The zero-order valence-electron chi connectivity index (χ0n) is 16.5. The number of methoxy groups -OCH3 is 2. The Balaban J connectivity index is 2.05. The number of para-hydroxylation sites is 1. The predicted molar refractivity (Wildman–Crippen MR) is 105 cm³/mol. The summed E-state index contributed by atoms with van der Waals surface area (Å²) in [5, 5.41) is 2.90. The van der Waals surface area contributed by atoms with Crippen molar-refractivity contribution in [2.75, 3.05) is 26.6 Å². The first-order valence-electron chi connectivity index (χ1n) is 8.81. The molecule has 0 fully saturated rings. The molecule has 0 aliphatic carbocycles. The first-order chi connectivity index (χ1) is 12.9. The fourth-order valence-electron chi connectivity index (χ4n) is 2.81. The summed E-state index contributed by atoms with van der Waals surface area (Å²) in [6.45, 7) is 4.00. The van der Waals surface area contributed by atoms with E-state index < -0.39 is 0 Å². The van der Waals surface area contributed by atoms with E-state index >= 15 is 0 Å². The second-order valence-electron chi connectivity index (χ2n) is 6.52. The van der Waals surface area contributed by atoms with E-state index in [9.17, 15) is 9.59 Å². The van der Waals surface area contributed by atoms with Crippen molar-refractivity contribution in [1.29, 1.82) is 0 Å². The SMILES string of the molecule is COc1cccc(C[NH+](C)[C@H](C)C(=O)Nc2ccc(C(C)=O)cc2)c1OC. The summed E-state index contributed by atoms with van der Waals surface area (Å²) in [5.41, 5.74) is 2.26. The molecule has 0 spiro atoms. The molecule has 0 aliphatic rings. The molecule has 2 aromatic rings. The van der Waals surface area contributed by atoms with Gasteiger partial charge in [-0.1, -0.05) is 6.07 Å². The van der Waals surface area contributed by atoms with E-state index in [-0.39, 0.29) is 17.7 Å². The Morgan fingerprint density at radius 1 is 1.07 bits per heavy atom. The molecule has 0 aromatic heterocycles. The fraction of sp³-hybridized carbons (Fsp3) is 0.333. The molecule has 0 heterocycles. The van der Waals surface area contributed by atoms with Gasteiger partial charge in [0.25, 0.3) is 5.91 Å². The third kappa shape index (κ3) is 5.08. The Kier molecular flexibility index (Phi) is 6.96. The number of likely N-dealkylation sites (N-methyl/N-ethyl adjacent to an activating group) is 1. The number of ether oxygens (including phenoxy) is 2. The minimum atomic E-state index is -0.284. The summed E-state index contributed by atoms with van der Waals surface area (Å²) in [6, 6.07) is 12.3. The van der Waals surface area contributed by atoms with Crippen LogP contribution in [-0.4, -0.2) is 39.0 Å². The number of anilines is 1. The standard InChI is InChI=1S/C21H26N2O4/c1-14(21(25)22-18-11-9-16(10-12-18)15(2)24)23(3)13-17-7-6-8-19(26-4)20(17)27-5/h6-12,14H,13H2,1-5H3,(H,22,25)/p+1/t14-/m1/s1. The van der Waals surface area contributed by atoms with Crippen LogP contribution < -0.4 is 19.7 Å². The molecular formula is C21H27N2O4+. The maximum atomic E-state index is 12.6. The van der Waals surface area contributed by atoms with Crippen LogP contribution in [0.2, 0.25) is 0 Å². The number of carbonyl (C=O) groups excluding carboxylic acids is 2. The second-order valence-corrected chi connectivity index (χ2v) is 6.52. The highest BCUT2D eigenvalue weighted by molar-refractivity contribution is 5.96. The molecule has 144 valence electrons. The summed E-state index contributed by atoms with van der Waals surface area (Å²) in [5.74, 6) is 1.26. The molecular weight excluding hydrogens is 344 g/mol. The summed E-state index contributed by atoms with van der Waals surface area (Å²) < 4.78 is 10.8. The topological polar surface area (TPSA) is 69.1 Å². The van der Waals surface area contributed by atoms with E-state index in [1.165, 1.54) is 6.92 Å². The molecule has 0 aliphatic heterocycles. The van der Waals surface area contributed by atoms with Crippen molar-refractivity contribution >= 4 is 17.4 Å². The highest BCUT2D eigenvalue weighted by Gasteiger charge is 2.24. The van der Waals surface area contributed by atoms with Gasteiger partial charge in [-0.15, -0.1) is 0 Å². The Morgan fingerprint density at radius 3 is 2.30 bits per heavy atom. The van der Waals surface area contributed by atoms with Gasteiger partial charge in [-0.05, 0) is 50.2 Å². The van der Waals surface area contributed by atoms with Gasteiger partial charge < -0.3 is 19.7 Å². The number of nitrogens with one attached hydrogen (secondary N) is 2. The molecule has 2 rings (SSSR count). The van der Waals surface area contributed by atoms with Crippen LogP contribution >= 0.6 is 0 Å². The highest BCUT2D eigenvalue weighted by atomic mass is 16.5. The van der Waals surface area contributed by atoms with Gasteiger partial charge in [0.1, 0.15) is 6.54 Å². The van der Waals surface area contributed by atoms with Crippen molar-refractivity contribution in [3.05, 3.63) is 53.6 Å². The van der Waals surface area contributed by atoms with Crippen molar-refractivity contribution in [3.8, 4) is 11.5 Å². The van der Waals surface area contributed by atoms with E-state index in [2.05, 4.69) is 5.32 Å². The summed E-state index contributed by atoms with van der Waals surface area (Å²) in [6.07, 6.45) is 0. The normalized spacial score (nSPS) is 12.8. The van der Waals surface area contributed by atoms with Gasteiger partial charge >= 0.3 is 0 Å². The quantitative estimate of drug-likeness (QED) is 0.696. The molecule has 1 unspecified atom stereocenters. The first-order valence-corrected chi connectivity index (χ1v) is 8.81. The molecule has 6 heteroatoms. The number of amides is 1. The lowest BCUT2D eigenvalue weighted by atomic mass is 10.1. The van der Waals surface area contributed by atoms with Crippen molar-refractivity contribution in [1.82, 2.24) is 0 Å². The molecule has 1 amide bonds. The molecule has 27 heavy (non-hydrogen) atoms. The number of rotatable bonds is 8. The number of hydrogen-bond acceptors (Lipinski definition) is 4. The minimum absolute atomic E-state index is 0.00217. The van der Waals surface area contributed by atoms with Crippen LogP contribution in [0.4, 0.5) is 5.69 Å². The van der Waals surface area contributed by atoms with Crippen molar-refractivity contribution in [2.24, 2.45) is 0 Å². The van der Waals surface area contributed by atoms with Crippen molar-refractivity contribution in [2.45, 2.75) is 26.4 Å². The summed E-state index contributed by atoms with van der Waals surface area (Å²) in [7, 11) is 5.17. The van der Waals surface area contributed by atoms with Crippen LogP contribution in [0.5, 0.6) is 11.5 Å². The zero-order chi connectivity index (χ0) is 20.0. The van der Waals surface area contributed by atoms with E-state index in [0.29, 0.717) is 29.3 Å². The van der Waals surface area contributed by atoms with Crippen molar-refractivity contribution < 1.29 is 24.0 Å². The zero-order valence-corrected chi connectivity index (χ0v) is 16.5. The number of hydrogen-bond donors (Lipinski definition) is 2. The van der Waals surface area contributed by atoms with E-state index in [0.717, 1.165) is 10.5 Å². The van der Waals surface area contributed by atoms with Crippen LogP contribution in [0, 0.1) is 0 Å². The summed E-state index contributed by atoms with van der Waals surface area (Å²) in [4.78, 5) is 24.9. The number of Topliss-reactive ketones (excluding diaryl/α,β-unsaturated/α-hetero) is 1. The fourth-order valence-corrected chi connectivity index (χ4v) is 2.81. The first kappa shape index (κ1) is 20.5. The Hall–Kier alpha value is -2.86. The van der Waals surface area contributed by atoms with E-state index in [1.54, 1.807) is 38.5 Å². The maximum Gasteiger partial charge on any atom is 0.282 e. The number of ketones is 1. The number of benzene rings is 2. The van der Waals surface area contributed by atoms with Crippen molar-refractivity contribution in [3.63, 3.8) is 0 Å². The predicted octanol–water partition coefficient (Wildman–Crippen LogP) is 1.95. The molecule has 2 atom stereocenters. The Bertz CT molecular complexity index is 802. The average Bonchev–Trinajstić information content (AvgIpc) is 2.67. The Morgan fingerprint density at radius 2 is 1.74 bits per heavy atom. The molecule has 2 aromatic carbocycles. The lowest BCUT2D eigenvalue weighted by molar-refractivity contribution is -0.907. The Labute approximate surface area is 160 Å². The monoisotopic (exact) mass is 371 g/mol. The van der Waals surface area contributed by atoms with E-state index in [1.807, 2.05) is 32.2 Å². The van der Waals surface area contributed by atoms with Gasteiger partial charge in [0.05, 0.1) is 26.8 Å². The van der Waals surface area contributed by atoms with Crippen LogP contribution in [-0.2, 0) is 11.3 Å².